The lowest BCUT2D eigenvalue weighted by atomic mass is 9.96. The third-order valence-electron chi connectivity index (χ3n) is 3.95. The van der Waals surface area contributed by atoms with E-state index in [4.69, 9.17) is 0 Å². The van der Waals surface area contributed by atoms with Crippen molar-refractivity contribution in [1.82, 2.24) is 15.2 Å². The molecular weight excluding hydrogens is 304 g/mol. The summed E-state index contributed by atoms with van der Waals surface area (Å²) in [5.41, 5.74) is 1.56. The van der Waals surface area contributed by atoms with Crippen molar-refractivity contribution in [3.05, 3.63) is 30.5 Å². The molecule has 1 aliphatic carbocycles. The minimum Gasteiger partial charge on any atom is -0.350 e. The summed E-state index contributed by atoms with van der Waals surface area (Å²) in [6.07, 6.45) is 7.69. The van der Waals surface area contributed by atoms with Gasteiger partial charge in [-0.05, 0) is 31.0 Å². The molecule has 1 aromatic heterocycles. The smallest absolute Gasteiger partial charge is 0.244 e. The highest BCUT2D eigenvalue weighted by atomic mass is 16.1. The van der Waals surface area contributed by atoms with E-state index in [-0.39, 0.29) is 5.91 Å². The molecule has 1 aromatic carbocycles. The highest BCUT2D eigenvalue weighted by molar-refractivity contribution is 5.89. The SMILES string of the molecule is CC(=O)Nc1cccc(Nc2cnnc(NC3CCCCC3)n2)c1. The summed E-state index contributed by atoms with van der Waals surface area (Å²) >= 11 is 0. The van der Waals surface area contributed by atoms with Gasteiger partial charge in [-0.1, -0.05) is 25.3 Å². The molecule has 24 heavy (non-hydrogen) atoms. The quantitative estimate of drug-likeness (QED) is 0.780. The molecule has 1 amide bonds. The van der Waals surface area contributed by atoms with Gasteiger partial charge in [0.2, 0.25) is 11.9 Å². The molecule has 1 fully saturated rings. The van der Waals surface area contributed by atoms with Crippen LogP contribution in [-0.2, 0) is 4.79 Å². The van der Waals surface area contributed by atoms with E-state index in [1.165, 1.54) is 26.2 Å². The van der Waals surface area contributed by atoms with Crippen LogP contribution in [0.1, 0.15) is 39.0 Å². The van der Waals surface area contributed by atoms with Crippen LogP contribution in [0.5, 0.6) is 0 Å². The van der Waals surface area contributed by atoms with Crippen LogP contribution < -0.4 is 16.0 Å². The van der Waals surface area contributed by atoms with Crippen LogP contribution in [0, 0.1) is 0 Å². The molecule has 1 heterocycles. The normalized spacial score (nSPS) is 14.9. The zero-order valence-corrected chi connectivity index (χ0v) is 13.7. The number of carbonyl (C=O) groups is 1. The summed E-state index contributed by atoms with van der Waals surface area (Å²) in [7, 11) is 0. The minimum absolute atomic E-state index is 0.102. The van der Waals surface area contributed by atoms with Gasteiger partial charge in [-0.2, -0.15) is 10.1 Å². The van der Waals surface area contributed by atoms with Gasteiger partial charge in [0.15, 0.2) is 5.82 Å². The molecule has 0 aliphatic heterocycles. The van der Waals surface area contributed by atoms with E-state index in [1.54, 1.807) is 6.20 Å². The van der Waals surface area contributed by atoms with Crippen molar-refractivity contribution in [1.29, 1.82) is 0 Å². The maximum absolute atomic E-state index is 11.1. The molecule has 3 rings (SSSR count). The van der Waals surface area contributed by atoms with Crippen molar-refractivity contribution in [2.24, 2.45) is 0 Å². The largest absolute Gasteiger partial charge is 0.350 e. The van der Waals surface area contributed by atoms with Crippen molar-refractivity contribution in [2.45, 2.75) is 45.1 Å². The molecule has 1 saturated carbocycles. The van der Waals surface area contributed by atoms with Crippen LogP contribution in [-0.4, -0.2) is 27.1 Å². The van der Waals surface area contributed by atoms with Crippen molar-refractivity contribution in [2.75, 3.05) is 16.0 Å². The number of nitrogens with zero attached hydrogens (tertiary/aromatic N) is 3. The number of rotatable bonds is 5. The molecule has 1 aliphatic rings. The molecular formula is C17H22N6O. The first-order valence-corrected chi connectivity index (χ1v) is 8.30. The predicted molar refractivity (Wildman–Crippen MR) is 94.4 cm³/mol. The van der Waals surface area contributed by atoms with E-state index in [9.17, 15) is 4.79 Å². The molecule has 0 spiro atoms. The number of carbonyl (C=O) groups excluding carboxylic acids is 1. The average Bonchev–Trinajstić information content (AvgIpc) is 2.56. The Hall–Kier alpha value is -2.70. The minimum atomic E-state index is -0.102. The van der Waals surface area contributed by atoms with Gasteiger partial charge in [0.1, 0.15) is 0 Å². The number of amides is 1. The highest BCUT2D eigenvalue weighted by Crippen LogP contribution is 2.22. The number of anilines is 4. The molecule has 7 heteroatoms. The fourth-order valence-corrected chi connectivity index (χ4v) is 2.88. The Kier molecular flexibility index (Phi) is 5.20. The summed E-state index contributed by atoms with van der Waals surface area (Å²) < 4.78 is 0. The zero-order chi connectivity index (χ0) is 16.8. The number of hydrogen-bond acceptors (Lipinski definition) is 6. The molecule has 7 nitrogen and oxygen atoms in total. The first-order chi connectivity index (χ1) is 11.7. The van der Waals surface area contributed by atoms with Crippen LogP contribution in [0.2, 0.25) is 0 Å². The summed E-state index contributed by atoms with van der Waals surface area (Å²) in [5.74, 6) is 1.06. The maximum Gasteiger partial charge on any atom is 0.244 e. The van der Waals surface area contributed by atoms with E-state index in [2.05, 4.69) is 31.1 Å². The Morgan fingerprint density at radius 2 is 1.96 bits per heavy atom. The van der Waals surface area contributed by atoms with Crippen LogP contribution in [0.25, 0.3) is 0 Å². The Bertz CT molecular complexity index is 699. The number of hydrogen-bond donors (Lipinski definition) is 3. The lowest BCUT2D eigenvalue weighted by Gasteiger charge is -2.22. The lowest BCUT2D eigenvalue weighted by Crippen LogP contribution is -2.23. The van der Waals surface area contributed by atoms with E-state index in [0.29, 0.717) is 17.8 Å². The average molecular weight is 326 g/mol. The summed E-state index contributed by atoms with van der Waals surface area (Å²) in [4.78, 5) is 15.6. The second kappa shape index (κ2) is 7.72. The molecule has 3 N–H and O–H groups in total. The molecule has 2 aromatic rings. The van der Waals surface area contributed by atoms with Gasteiger partial charge in [0.25, 0.3) is 0 Å². The second-order valence-electron chi connectivity index (χ2n) is 6.03. The summed E-state index contributed by atoms with van der Waals surface area (Å²) in [6, 6.07) is 7.88. The van der Waals surface area contributed by atoms with Crippen molar-refractivity contribution in [3.8, 4) is 0 Å². The lowest BCUT2D eigenvalue weighted by molar-refractivity contribution is -0.114. The Morgan fingerprint density at radius 3 is 2.75 bits per heavy atom. The van der Waals surface area contributed by atoms with Crippen LogP contribution in [0.3, 0.4) is 0 Å². The maximum atomic E-state index is 11.1. The standard InChI is InChI=1S/C17H22N6O/c1-12(24)19-14-8-5-9-15(10-14)20-16-11-18-23-17(22-16)21-13-6-3-2-4-7-13/h5,8-11,13H,2-4,6-7H2,1H3,(H,19,24)(H2,20,21,22,23). The van der Waals surface area contributed by atoms with Gasteiger partial charge < -0.3 is 16.0 Å². The van der Waals surface area contributed by atoms with Gasteiger partial charge in [0, 0.05) is 24.3 Å². The molecule has 0 unspecified atom stereocenters. The third kappa shape index (κ3) is 4.65. The highest BCUT2D eigenvalue weighted by Gasteiger charge is 2.14. The number of benzene rings is 1. The Labute approximate surface area is 141 Å². The fourth-order valence-electron chi connectivity index (χ4n) is 2.88. The van der Waals surface area contributed by atoms with Gasteiger partial charge in [0.05, 0.1) is 6.20 Å². The van der Waals surface area contributed by atoms with Gasteiger partial charge in [-0.15, -0.1) is 5.10 Å². The van der Waals surface area contributed by atoms with E-state index in [0.717, 1.165) is 24.2 Å². The summed E-state index contributed by atoms with van der Waals surface area (Å²) in [5, 5.41) is 17.4. The van der Waals surface area contributed by atoms with Crippen LogP contribution in [0.4, 0.5) is 23.1 Å². The fraction of sp³-hybridized carbons (Fsp3) is 0.412. The van der Waals surface area contributed by atoms with E-state index < -0.39 is 0 Å². The first-order valence-electron chi connectivity index (χ1n) is 8.30. The molecule has 0 atom stereocenters. The van der Waals surface area contributed by atoms with Crippen molar-refractivity contribution in [3.63, 3.8) is 0 Å². The second-order valence-corrected chi connectivity index (χ2v) is 6.03. The Morgan fingerprint density at radius 1 is 1.17 bits per heavy atom. The van der Waals surface area contributed by atoms with Crippen molar-refractivity contribution < 1.29 is 4.79 Å². The third-order valence-corrected chi connectivity index (χ3v) is 3.95. The van der Waals surface area contributed by atoms with E-state index in [1.807, 2.05) is 24.3 Å². The topological polar surface area (TPSA) is 91.8 Å². The van der Waals surface area contributed by atoms with Gasteiger partial charge in [-0.3, -0.25) is 4.79 Å². The van der Waals surface area contributed by atoms with E-state index >= 15 is 0 Å². The molecule has 0 saturated heterocycles. The van der Waals surface area contributed by atoms with Crippen molar-refractivity contribution >= 4 is 29.0 Å². The Balaban J connectivity index is 1.66. The first kappa shape index (κ1) is 16.2. The molecule has 126 valence electrons. The monoisotopic (exact) mass is 326 g/mol. The number of nitrogens with one attached hydrogen (secondary N) is 3. The van der Waals surface area contributed by atoms with Crippen LogP contribution >= 0.6 is 0 Å². The van der Waals surface area contributed by atoms with Crippen LogP contribution in [0.15, 0.2) is 30.5 Å². The molecule has 0 bridgehead atoms. The molecule has 0 radical (unpaired) electrons. The zero-order valence-electron chi connectivity index (χ0n) is 13.7. The predicted octanol–water partition coefficient (Wildman–Crippen LogP) is 3.32. The van der Waals surface area contributed by atoms with Gasteiger partial charge >= 0.3 is 0 Å². The van der Waals surface area contributed by atoms with Gasteiger partial charge in [-0.25, -0.2) is 0 Å². The summed E-state index contributed by atoms with van der Waals surface area (Å²) in [6.45, 7) is 1.48. The number of aromatic nitrogens is 3.